The van der Waals surface area contributed by atoms with E-state index in [1.807, 2.05) is 18.3 Å². The van der Waals surface area contributed by atoms with Gasteiger partial charge in [-0.25, -0.2) is 4.79 Å². The molecule has 6 nitrogen and oxygen atoms in total. The first kappa shape index (κ1) is 22.1. The predicted molar refractivity (Wildman–Crippen MR) is 109 cm³/mol. The third-order valence-electron chi connectivity index (χ3n) is 4.78. The molecule has 0 unspecified atom stereocenters. The number of aliphatic carboxylic acids is 1. The molecule has 3 aromatic rings. The fourth-order valence-corrected chi connectivity index (χ4v) is 3.12. The Balaban J connectivity index is 0.000000339. The summed E-state index contributed by atoms with van der Waals surface area (Å²) >= 11 is 0. The normalized spacial score (nSPS) is 13.0. The van der Waals surface area contributed by atoms with Gasteiger partial charge in [-0.2, -0.15) is 13.2 Å². The summed E-state index contributed by atoms with van der Waals surface area (Å²) in [6.07, 6.45) is -1.39. The number of nitrogens with one attached hydrogen (secondary N) is 2. The Morgan fingerprint density at radius 1 is 1.13 bits per heavy atom. The zero-order valence-electron chi connectivity index (χ0n) is 16.6. The molecule has 3 heterocycles. The largest absolute Gasteiger partial charge is 0.490 e. The molecule has 1 aliphatic heterocycles. The van der Waals surface area contributed by atoms with Gasteiger partial charge in [0.2, 0.25) is 0 Å². The molecule has 0 saturated heterocycles. The van der Waals surface area contributed by atoms with Gasteiger partial charge in [0.05, 0.1) is 11.3 Å². The number of benzene rings is 1. The van der Waals surface area contributed by atoms with Gasteiger partial charge in [0.25, 0.3) is 5.91 Å². The Morgan fingerprint density at radius 2 is 1.81 bits per heavy atom. The Morgan fingerprint density at radius 3 is 2.39 bits per heavy atom. The Bertz CT molecular complexity index is 1090. The lowest BCUT2D eigenvalue weighted by Crippen LogP contribution is -2.31. The van der Waals surface area contributed by atoms with Crippen LogP contribution >= 0.6 is 0 Å². The summed E-state index contributed by atoms with van der Waals surface area (Å²) in [4.78, 5) is 28.7. The van der Waals surface area contributed by atoms with Crippen molar-refractivity contribution in [2.45, 2.75) is 25.9 Å². The standard InChI is InChI=1S/C20H19N3O.C2HF3O2/c1-2-13-3-5-14(6-4-13)18-11-15(7-9-21-18)19-12-16-17(23-19)8-10-22-20(16)24;3-2(4,5)1(6)7/h3-7,9,11-12,23H,2,8,10H2,1H3,(H,22,24);(H,6,7). The van der Waals surface area contributed by atoms with Gasteiger partial charge < -0.3 is 15.4 Å². The molecule has 0 bridgehead atoms. The van der Waals surface area contributed by atoms with Gasteiger partial charge in [0.1, 0.15) is 0 Å². The summed E-state index contributed by atoms with van der Waals surface area (Å²) in [6.45, 7) is 2.84. The Labute approximate surface area is 176 Å². The summed E-state index contributed by atoms with van der Waals surface area (Å²) in [5, 5.41) is 10.0. The number of aromatic nitrogens is 2. The van der Waals surface area contributed by atoms with Crippen LogP contribution in [0.3, 0.4) is 0 Å². The van der Waals surface area contributed by atoms with Gasteiger partial charge in [-0.1, -0.05) is 31.2 Å². The number of rotatable bonds is 3. The first-order valence-electron chi connectivity index (χ1n) is 9.55. The molecule has 1 aromatic carbocycles. The van der Waals surface area contributed by atoms with E-state index >= 15 is 0 Å². The monoisotopic (exact) mass is 431 g/mol. The number of carboxylic acid groups (broad SMARTS) is 1. The van der Waals surface area contributed by atoms with Crippen LogP contribution in [0.1, 0.15) is 28.5 Å². The smallest absolute Gasteiger partial charge is 0.475 e. The van der Waals surface area contributed by atoms with E-state index in [1.54, 1.807) is 0 Å². The quantitative estimate of drug-likeness (QED) is 0.579. The van der Waals surface area contributed by atoms with Crippen LogP contribution in [0.4, 0.5) is 13.2 Å². The average Bonchev–Trinajstić information content (AvgIpc) is 3.20. The molecule has 0 aliphatic carbocycles. The summed E-state index contributed by atoms with van der Waals surface area (Å²) < 4.78 is 31.7. The minimum atomic E-state index is -5.08. The van der Waals surface area contributed by atoms with E-state index in [9.17, 15) is 18.0 Å². The molecule has 31 heavy (non-hydrogen) atoms. The number of halogens is 3. The van der Waals surface area contributed by atoms with Crippen molar-refractivity contribution in [1.82, 2.24) is 15.3 Å². The van der Waals surface area contributed by atoms with Crippen molar-refractivity contribution < 1.29 is 27.9 Å². The SMILES string of the molecule is CCc1ccc(-c2cc(-c3cc4c([nH]3)CCNC4=O)ccn2)cc1.O=C(O)C(F)(F)F. The minimum Gasteiger partial charge on any atom is -0.475 e. The maximum absolute atomic E-state index is 11.9. The number of amides is 1. The summed E-state index contributed by atoms with van der Waals surface area (Å²) in [5.41, 5.74) is 7.13. The highest BCUT2D eigenvalue weighted by Crippen LogP contribution is 2.27. The van der Waals surface area contributed by atoms with E-state index < -0.39 is 12.1 Å². The van der Waals surface area contributed by atoms with Crippen LogP contribution in [0.25, 0.3) is 22.5 Å². The number of carbonyl (C=O) groups excluding carboxylic acids is 1. The number of nitrogens with zero attached hydrogens (tertiary/aromatic N) is 1. The molecule has 0 radical (unpaired) electrons. The number of aromatic amines is 1. The van der Waals surface area contributed by atoms with Crippen LogP contribution < -0.4 is 5.32 Å². The third kappa shape index (κ3) is 5.30. The summed E-state index contributed by atoms with van der Waals surface area (Å²) in [5.74, 6) is -2.75. The van der Waals surface area contributed by atoms with Crippen LogP contribution in [0, 0.1) is 0 Å². The Kier molecular flexibility index (Phi) is 6.43. The molecule has 2 aromatic heterocycles. The van der Waals surface area contributed by atoms with Crippen LogP contribution in [0.2, 0.25) is 0 Å². The molecule has 0 spiro atoms. The lowest BCUT2D eigenvalue weighted by molar-refractivity contribution is -0.192. The number of fused-ring (bicyclic) bond motifs is 1. The number of hydrogen-bond donors (Lipinski definition) is 3. The lowest BCUT2D eigenvalue weighted by atomic mass is 10.0. The van der Waals surface area contributed by atoms with Crippen molar-refractivity contribution in [3.8, 4) is 22.5 Å². The third-order valence-corrected chi connectivity index (χ3v) is 4.78. The molecular formula is C22H20F3N3O3. The number of aryl methyl sites for hydroxylation is 1. The molecule has 4 rings (SSSR count). The highest BCUT2D eigenvalue weighted by molar-refractivity contribution is 5.97. The summed E-state index contributed by atoms with van der Waals surface area (Å²) in [6, 6.07) is 14.5. The first-order valence-corrected chi connectivity index (χ1v) is 9.55. The van der Waals surface area contributed by atoms with Crippen molar-refractivity contribution in [3.05, 3.63) is 65.5 Å². The average molecular weight is 431 g/mol. The number of pyridine rings is 1. The van der Waals surface area contributed by atoms with E-state index in [1.165, 1.54) is 5.56 Å². The van der Waals surface area contributed by atoms with Gasteiger partial charge in [-0.05, 0) is 30.2 Å². The molecular weight excluding hydrogens is 411 g/mol. The van der Waals surface area contributed by atoms with Gasteiger partial charge in [-0.3, -0.25) is 9.78 Å². The van der Waals surface area contributed by atoms with Crippen LogP contribution in [0.5, 0.6) is 0 Å². The van der Waals surface area contributed by atoms with Crippen molar-refractivity contribution >= 4 is 11.9 Å². The van der Waals surface area contributed by atoms with E-state index in [2.05, 4.69) is 52.5 Å². The van der Waals surface area contributed by atoms with E-state index in [-0.39, 0.29) is 5.91 Å². The number of H-pyrrole nitrogens is 1. The van der Waals surface area contributed by atoms with Crippen LogP contribution in [0.15, 0.2) is 48.7 Å². The van der Waals surface area contributed by atoms with Crippen LogP contribution in [-0.4, -0.2) is 39.7 Å². The second-order valence-corrected chi connectivity index (χ2v) is 6.86. The van der Waals surface area contributed by atoms with Crippen molar-refractivity contribution in [1.29, 1.82) is 0 Å². The first-order chi connectivity index (χ1) is 14.7. The summed E-state index contributed by atoms with van der Waals surface area (Å²) in [7, 11) is 0. The van der Waals surface area contributed by atoms with E-state index in [0.717, 1.165) is 46.6 Å². The van der Waals surface area contributed by atoms with Gasteiger partial charge in [-0.15, -0.1) is 0 Å². The lowest BCUT2D eigenvalue weighted by Gasteiger charge is -2.10. The maximum atomic E-state index is 11.9. The van der Waals surface area contributed by atoms with Gasteiger partial charge in [0, 0.05) is 41.7 Å². The minimum absolute atomic E-state index is 0.00295. The fraction of sp³-hybridized carbons (Fsp3) is 0.227. The van der Waals surface area contributed by atoms with E-state index in [4.69, 9.17) is 9.90 Å². The molecule has 1 amide bonds. The number of hydrogen-bond acceptors (Lipinski definition) is 3. The molecule has 1 aliphatic rings. The van der Waals surface area contributed by atoms with Gasteiger partial charge >= 0.3 is 12.1 Å². The highest BCUT2D eigenvalue weighted by Gasteiger charge is 2.38. The zero-order valence-corrected chi connectivity index (χ0v) is 16.6. The second kappa shape index (κ2) is 9.03. The fourth-order valence-electron chi connectivity index (χ4n) is 3.12. The van der Waals surface area contributed by atoms with Crippen LogP contribution in [-0.2, 0) is 17.6 Å². The Hall–Kier alpha value is -3.62. The number of carbonyl (C=O) groups is 2. The zero-order chi connectivity index (χ0) is 22.6. The topological polar surface area (TPSA) is 95.1 Å². The molecule has 162 valence electrons. The predicted octanol–water partition coefficient (Wildman–Crippen LogP) is 4.23. The molecule has 3 N–H and O–H groups in total. The van der Waals surface area contributed by atoms with Gasteiger partial charge in [0.15, 0.2) is 0 Å². The molecule has 0 saturated carbocycles. The molecule has 0 fully saturated rings. The second-order valence-electron chi connectivity index (χ2n) is 6.86. The molecule has 0 atom stereocenters. The number of alkyl halides is 3. The van der Waals surface area contributed by atoms with Crippen molar-refractivity contribution in [3.63, 3.8) is 0 Å². The van der Waals surface area contributed by atoms with E-state index in [0.29, 0.717) is 6.54 Å². The van der Waals surface area contributed by atoms with Crippen molar-refractivity contribution in [2.24, 2.45) is 0 Å². The maximum Gasteiger partial charge on any atom is 0.490 e. The molecule has 9 heteroatoms. The van der Waals surface area contributed by atoms with Crippen molar-refractivity contribution in [2.75, 3.05) is 6.54 Å². The highest BCUT2D eigenvalue weighted by atomic mass is 19.4. The number of carboxylic acids is 1.